The van der Waals surface area contributed by atoms with Crippen LogP contribution in [0, 0.1) is 11.3 Å². The van der Waals surface area contributed by atoms with Gasteiger partial charge in [-0.05, 0) is 56.4 Å². The first kappa shape index (κ1) is 14.8. The summed E-state index contributed by atoms with van der Waals surface area (Å²) in [4.78, 5) is 2.54. The summed E-state index contributed by atoms with van der Waals surface area (Å²) < 4.78 is 0. The van der Waals surface area contributed by atoms with Gasteiger partial charge >= 0.3 is 0 Å². The molecule has 3 nitrogen and oxygen atoms in total. The molecular weight excluding hydrogens is 248 g/mol. The zero-order valence-corrected chi connectivity index (χ0v) is 13.1. The van der Waals surface area contributed by atoms with Crippen molar-refractivity contribution in [3.8, 4) is 0 Å². The largest absolute Gasteiger partial charge is 0.392 e. The minimum absolute atomic E-state index is 0.0836. The van der Waals surface area contributed by atoms with Gasteiger partial charge in [-0.3, -0.25) is 0 Å². The third-order valence-corrected chi connectivity index (χ3v) is 5.72. The second kappa shape index (κ2) is 6.33. The van der Waals surface area contributed by atoms with Crippen LogP contribution in [0.15, 0.2) is 0 Å². The molecule has 3 aliphatic rings. The number of aliphatic hydroxyl groups excluding tert-OH is 1. The van der Waals surface area contributed by atoms with Gasteiger partial charge < -0.3 is 15.3 Å². The van der Waals surface area contributed by atoms with Gasteiger partial charge in [0.05, 0.1) is 6.10 Å². The predicted molar refractivity (Wildman–Crippen MR) is 82.8 cm³/mol. The summed E-state index contributed by atoms with van der Waals surface area (Å²) in [6.45, 7) is 6.91. The molecule has 3 heteroatoms. The average molecular weight is 280 g/mol. The van der Waals surface area contributed by atoms with Gasteiger partial charge in [0.2, 0.25) is 0 Å². The van der Waals surface area contributed by atoms with Gasteiger partial charge in [0.15, 0.2) is 0 Å². The highest BCUT2D eigenvalue weighted by Gasteiger charge is 2.37. The van der Waals surface area contributed by atoms with E-state index in [2.05, 4.69) is 17.1 Å². The van der Waals surface area contributed by atoms with Crippen LogP contribution in [0.1, 0.15) is 58.3 Å². The smallest absolute Gasteiger partial charge is 0.0667 e. The summed E-state index contributed by atoms with van der Waals surface area (Å²) in [6, 6.07) is 0.818. The van der Waals surface area contributed by atoms with Crippen molar-refractivity contribution >= 4 is 0 Å². The lowest BCUT2D eigenvalue weighted by Gasteiger charge is -2.44. The molecule has 1 unspecified atom stereocenters. The lowest BCUT2D eigenvalue weighted by molar-refractivity contribution is 0.0257. The minimum atomic E-state index is -0.0836. The molecule has 3 rings (SSSR count). The van der Waals surface area contributed by atoms with Crippen LogP contribution in [-0.4, -0.2) is 48.3 Å². The molecule has 0 aromatic carbocycles. The first-order valence-corrected chi connectivity index (χ1v) is 8.79. The zero-order valence-electron chi connectivity index (χ0n) is 13.1. The molecule has 20 heavy (non-hydrogen) atoms. The van der Waals surface area contributed by atoms with Crippen molar-refractivity contribution in [1.29, 1.82) is 0 Å². The molecule has 1 atom stereocenters. The van der Waals surface area contributed by atoms with E-state index < -0.39 is 0 Å². The monoisotopic (exact) mass is 280 g/mol. The van der Waals surface area contributed by atoms with Crippen LogP contribution < -0.4 is 5.32 Å². The van der Waals surface area contributed by atoms with Gasteiger partial charge in [-0.15, -0.1) is 0 Å². The Bertz CT molecular complexity index is 308. The van der Waals surface area contributed by atoms with Crippen LogP contribution >= 0.6 is 0 Å². The van der Waals surface area contributed by atoms with Gasteiger partial charge in [0.25, 0.3) is 0 Å². The average Bonchev–Trinajstić information content (AvgIpc) is 3.24. The van der Waals surface area contributed by atoms with Crippen molar-refractivity contribution in [3.05, 3.63) is 0 Å². The normalized spacial score (nSPS) is 39.9. The lowest BCUT2D eigenvalue weighted by atomic mass is 9.70. The van der Waals surface area contributed by atoms with E-state index in [1.165, 1.54) is 64.6 Å². The number of hydrogen-bond donors (Lipinski definition) is 2. The highest BCUT2D eigenvalue weighted by Crippen LogP contribution is 2.40. The van der Waals surface area contributed by atoms with Gasteiger partial charge in [-0.2, -0.15) is 0 Å². The Morgan fingerprint density at radius 2 is 1.90 bits per heavy atom. The van der Waals surface area contributed by atoms with E-state index in [9.17, 15) is 5.11 Å². The zero-order chi connectivity index (χ0) is 14.0. The van der Waals surface area contributed by atoms with Crippen LogP contribution in [-0.2, 0) is 0 Å². The van der Waals surface area contributed by atoms with Gasteiger partial charge in [-0.1, -0.05) is 19.8 Å². The van der Waals surface area contributed by atoms with Gasteiger partial charge in [0, 0.05) is 25.7 Å². The Hall–Kier alpha value is -0.120. The molecule has 0 spiro atoms. The van der Waals surface area contributed by atoms with Crippen molar-refractivity contribution in [2.45, 2.75) is 70.4 Å². The van der Waals surface area contributed by atoms with E-state index in [0.717, 1.165) is 24.9 Å². The summed E-state index contributed by atoms with van der Waals surface area (Å²) in [7, 11) is 0. The number of nitrogens with one attached hydrogen (secondary N) is 1. The van der Waals surface area contributed by atoms with Gasteiger partial charge in [0.1, 0.15) is 0 Å². The Balaban J connectivity index is 1.58. The second-order valence-corrected chi connectivity index (χ2v) is 7.87. The van der Waals surface area contributed by atoms with Crippen LogP contribution in [0.25, 0.3) is 0 Å². The number of aliphatic hydroxyl groups is 1. The highest BCUT2D eigenvalue weighted by molar-refractivity contribution is 4.93. The number of rotatable bonds is 5. The number of likely N-dealkylation sites (tertiary alicyclic amines) is 1. The van der Waals surface area contributed by atoms with Gasteiger partial charge in [-0.25, -0.2) is 0 Å². The number of β-amino-alcohol motifs (C(OH)–C–C–N with tert-alkyl or cyclic N) is 1. The molecule has 1 heterocycles. The molecule has 2 N–H and O–H groups in total. The SMILES string of the molecule is CC1CCC(CNC2CC2)(CN2CCCC(O)C2)CC1. The minimum Gasteiger partial charge on any atom is -0.392 e. The van der Waals surface area contributed by atoms with Crippen LogP contribution in [0.5, 0.6) is 0 Å². The Labute approximate surface area is 124 Å². The van der Waals surface area contributed by atoms with Crippen molar-refractivity contribution in [1.82, 2.24) is 10.2 Å². The fourth-order valence-electron chi connectivity index (χ4n) is 4.06. The molecule has 2 aliphatic carbocycles. The summed E-state index contributed by atoms with van der Waals surface area (Å²) in [6.07, 6.45) is 10.4. The summed E-state index contributed by atoms with van der Waals surface area (Å²) in [5.41, 5.74) is 0.478. The van der Waals surface area contributed by atoms with Crippen molar-refractivity contribution < 1.29 is 5.11 Å². The fourth-order valence-corrected chi connectivity index (χ4v) is 4.06. The van der Waals surface area contributed by atoms with E-state index in [0.29, 0.717) is 5.41 Å². The molecule has 0 amide bonds. The van der Waals surface area contributed by atoms with Crippen LogP contribution in [0.4, 0.5) is 0 Å². The highest BCUT2D eigenvalue weighted by atomic mass is 16.3. The third kappa shape index (κ3) is 3.96. The van der Waals surface area contributed by atoms with Crippen molar-refractivity contribution in [2.24, 2.45) is 11.3 Å². The molecule has 0 bridgehead atoms. The topological polar surface area (TPSA) is 35.5 Å². The number of piperidine rings is 1. The summed E-state index contributed by atoms with van der Waals surface area (Å²) in [5, 5.41) is 13.7. The maximum atomic E-state index is 9.91. The predicted octanol–water partition coefficient (Wildman–Crippen LogP) is 2.39. The van der Waals surface area contributed by atoms with Crippen LogP contribution in [0.3, 0.4) is 0 Å². The maximum absolute atomic E-state index is 9.91. The first-order valence-electron chi connectivity index (χ1n) is 8.79. The van der Waals surface area contributed by atoms with Crippen molar-refractivity contribution in [3.63, 3.8) is 0 Å². The van der Waals surface area contributed by atoms with E-state index in [4.69, 9.17) is 0 Å². The second-order valence-electron chi connectivity index (χ2n) is 7.87. The molecular formula is C17H32N2O. The Morgan fingerprint density at radius 3 is 2.55 bits per heavy atom. The molecule has 1 saturated heterocycles. The summed E-state index contributed by atoms with van der Waals surface area (Å²) >= 11 is 0. The quantitative estimate of drug-likeness (QED) is 0.812. The lowest BCUT2D eigenvalue weighted by Crippen LogP contribution is -2.49. The molecule has 1 aliphatic heterocycles. The molecule has 3 fully saturated rings. The fraction of sp³-hybridized carbons (Fsp3) is 1.00. The number of nitrogens with zero attached hydrogens (tertiary/aromatic N) is 1. The van der Waals surface area contributed by atoms with E-state index in [1.807, 2.05) is 0 Å². The molecule has 0 aromatic heterocycles. The van der Waals surface area contributed by atoms with E-state index in [-0.39, 0.29) is 6.10 Å². The maximum Gasteiger partial charge on any atom is 0.0667 e. The van der Waals surface area contributed by atoms with E-state index >= 15 is 0 Å². The molecule has 116 valence electrons. The summed E-state index contributed by atoms with van der Waals surface area (Å²) in [5.74, 6) is 0.913. The first-order chi connectivity index (χ1) is 9.65. The number of hydrogen-bond acceptors (Lipinski definition) is 3. The standard InChI is InChI=1S/C17H32N2O/c1-14-6-8-17(9-7-14,12-18-15-4-5-15)13-19-10-2-3-16(20)11-19/h14-16,18,20H,2-13H2,1H3. The molecule has 2 saturated carbocycles. The van der Waals surface area contributed by atoms with Crippen LogP contribution in [0.2, 0.25) is 0 Å². The molecule has 0 radical (unpaired) electrons. The van der Waals surface area contributed by atoms with Crippen molar-refractivity contribution in [2.75, 3.05) is 26.2 Å². The molecule has 0 aromatic rings. The Kier molecular flexibility index (Phi) is 4.68. The van der Waals surface area contributed by atoms with E-state index in [1.54, 1.807) is 0 Å². The third-order valence-electron chi connectivity index (χ3n) is 5.72. The Morgan fingerprint density at radius 1 is 1.15 bits per heavy atom.